The van der Waals surface area contributed by atoms with Crippen LogP contribution in [0.25, 0.3) is 0 Å². The number of hydrogen-bond donors (Lipinski definition) is 0. The van der Waals surface area contributed by atoms with Crippen molar-refractivity contribution in [2.45, 2.75) is 13.5 Å². The van der Waals surface area contributed by atoms with Crippen LogP contribution >= 0.6 is 11.6 Å². The predicted molar refractivity (Wildman–Crippen MR) is 50.4 cm³/mol. The molecule has 0 saturated carbocycles. The van der Waals surface area contributed by atoms with E-state index >= 15 is 0 Å². The van der Waals surface area contributed by atoms with E-state index in [-0.39, 0.29) is 12.4 Å². The van der Waals surface area contributed by atoms with Crippen molar-refractivity contribution in [3.63, 3.8) is 0 Å². The maximum absolute atomic E-state index is 12.6. The Labute approximate surface area is 81.0 Å². The monoisotopic (exact) mass is 201 g/mol. The lowest BCUT2D eigenvalue weighted by Crippen LogP contribution is -1.89. The maximum atomic E-state index is 12.6. The van der Waals surface area contributed by atoms with E-state index in [9.17, 15) is 4.39 Å². The lowest BCUT2D eigenvalue weighted by molar-refractivity contribution is 0.132. The Balaban J connectivity index is 2.66. The van der Waals surface area contributed by atoms with Gasteiger partial charge in [-0.1, -0.05) is 22.8 Å². The third-order valence-electron chi connectivity index (χ3n) is 1.42. The zero-order chi connectivity index (χ0) is 9.68. The summed E-state index contributed by atoms with van der Waals surface area (Å²) in [5, 5.41) is 3.91. The van der Waals surface area contributed by atoms with Crippen LogP contribution in [0, 0.1) is 5.82 Å². The maximum Gasteiger partial charge on any atom is 0.143 e. The second-order valence-corrected chi connectivity index (χ2v) is 2.78. The molecular formula is C9H9ClFNO. The van der Waals surface area contributed by atoms with Crippen LogP contribution in [-0.4, -0.2) is 6.21 Å². The fraction of sp³-hybridized carbons (Fsp3) is 0.222. The molecule has 70 valence electrons. The fourth-order valence-corrected chi connectivity index (χ4v) is 1.04. The normalized spacial score (nSPS) is 10.7. The molecule has 0 unspecified atom stereocenters. The Bertz CT molecular complexity index is 314. The first-order valence-corrected chi connectivity index (χ1v) is 4.15. The highest BCUT2D eigenvalue weighted by atomic mass is 35.5. The number of benzene rings is 1. The third-order valence-corrected chi connectivity index (χ3v) is 1.77. The summed E-state index contributed by atoms with van der Waals surface area (Å²) in [7, 11) is 0. The van der Waals surface area contributed by atoms with Gasteiger partial charge in [0.25, 0.3) is 0 Å². The molecule has 13 heavy (non-hydrogen) atoms. The van der Waals surface area contributed by atoms with Crippen molar-refractivity contribution in [2.75, 3.05) is 0 Å². The van der Waals surface area contributed by atoms with Crippen LogP contribution in [0.4, 0.5) is 4.39 Å². The van der Waals surface area contributed by atoms with Gasteiger partial charge in [0.2, 0.25) is 0 Å². The minimum absolute atomic E-state index is 0.253. The molecule has 0 spiro atoms. The van der Waals surface area contributed by atoms with E-state index in [1.807, 2.05) is 0 Å². The zero-order valence-electron chi connectivity index (χ0n) is 7.13. The van der Waals surface area contributed by atoms with E-state index in [0.29, 0.717) is 10.6 Å². The van der Waals surface area contributed by atoms with Crippen molar-refractivity contribution in [1.29, 1.82) is 0 Å². The minimum Gasteiger partial charge on any atom is -0.391 e. The lowest BCUT2D eigenvalue weighted by atomic mass is 10.2. The van der Waals surface area contributed by atoms with Crippen LogP contribution in [0.3, 0.4) is 0 Å². The summed E-state index contributed by atoms with van der Waals surface area (Å²) >= 11 is 5.74. The molecule has 0 aromatic heterocycles. The number of nitrogens with zero attached hydrogens (tertiary/aromatic N) is 1. The Kier molecular flexibility index (Phi) is 3.71. The van der Waals surface area contributed by atoms with Crippen molar-refractivity contribution in [1.82, 2.24) is 0 Å². The van der Waals surface area contributed by atoms with Crippen LogP contribution in [-0.2, 0) is 11.4 Å². The first kappa shape index (κ1) is 9.99. The molecule has 0 atom stereocenters. The largest absolute Gasteiger partial charge is 0.391 e. The zero-order valence-corrected chi connectivity index (χ0v) is 7.88. The molecule has 0 heterocycles. The third kappa shape index (κ3) is 3.03. The van der Waals surface area contributed by atoms with Gasteiger partial charge in [-0.25, -0.2) is 4.39 Å². The van der Waals surface area contributed by atoms with E-state index in [0.717, 1.165) is 0 Å². The Morgan fingerprint density at radius 1 is 1.62 bits per heavy atom. The van der Waals surface area contributed by atoms with Crippen LogP contribution < -0.4 is 0 Å². The molecule has 4 heteroatoms. The first-order valence-electron chi connectivity index (χ1n) is 3.78. The summed E-state index contributed by atoms with van der Waals surface area (Å²) in [5.74, 6) is -0.354. The summed E-state index contributed by atoms with van der Waals surface area (Å²) in [5.41, 5.74) is 0.716. The molecule has 1 rings (SSSR count). The van der Waals surface area contributed by atoms with Gasteiger partial charge in [-0.05, 0) is 19.1 Å². The average Bonchev–Trinajstić information content (AvgIpc) is 2.09. The van der Waals surface area contributed by atoms with Gasteiger partial charge in [0, 0.05) is 11.8 Å². The van der Waals surface area contributed by atoms with Gasteiger partial charge in [-0.3, -0.25) is 0 Å². The van der Waals surface area contributed by atoms with Crippen molar-refractivity contribution >= 4 is 17.8 Å². The van der Waals surface area contributed by atoms with Crippen molar-refractivity contribution < 1.29 is 9.23 Å². The summed E-state index contributed by atoms with van der Waals surface area (Å²) in [4.78, 5) is 4.85. The first-order chi connectivity index (χ1) is 6.24. The second-order valence-electron chi connectivity index (χ2n) is 2.37. The van der Waals surface area contributed by atoms with Gasteiger partial charge >= 0.3 is 0 Å². The molecule has 0 aliphatic rings. The molecule has 0 bridgehead atoms. The SMILES string of the molecule is CC=NOCc1ccc(F)cc1Cl. The number of oxime groups is 1. The molecule has 0 saturated heterocycles. The van der Waals surface area contributed by atoms with Gasteiger partial charge in [0.15, 0.2) is 0 Å². The predicted octanol–water partition coefficient (Wildman–Crippen LogP) is 3.00. The van der Waals surface area contributed by atoms with Gasteiger partial charge in [0.1, 0.15) is 12.4 Å². The lowest BCUT2D eigenvalue weighted by Gasteiger charge is -2.01. The standard InChI is InChI=1S/C9H9ClFNO/c1-2-12-13-6-7-3-4-8(11)5-9(7)10/h2-5H,6H2,1H3. The Morgan fingerprint density at radius 2 is 2.38 bits per heavy atom. The Morgan fingerprint density at radius 3 is 3.00 bits per heavy atom. The molecule has 2 nitrogen and oxygen atoms in total. The Hall–Kier alpha value is -1.09. The van der Waals surface area contributed by atoms with E-state index in [1.165, 1.54) is 18.3 Å². The summed E-state index contributed by atoms with van der Waals surface area (Å²) < 4.78 is 12.6. The van der Waals surface area contributed by atoms with Crippen molar-refractivity contribution in [3.8, 4) is 0 Å². The number of halogens is 2. The van der Waals surface area contributed by atoms with Crippen molar-refractivity contribution in [2.24, 2.45) is 5.16 Å². The summed E-state index contributed by atoms with van der Waals surface area (Å²) in [6.07, 6.45) is 1.53. The van der Waals surface area contributed by atoms with Gasteiger partial charge in [-0.15, -0.1) is 0 Å². The number of hydrogen-bond acceptors (Lipinski definition) is 2. The molecule has 0 fully saturated rings. The minimum atomic E-state index is -0.354. The van der Waals surface area contributed by atoms with Crippen LogP contribution in [0.1, 0.15) is 12.5 Å². The summed E-state index contributed by atoms with van der Waals surface area (Å²) in [6.45, 7) is 2.00. The highest BCUT2D eigenvalue weighted by Gasteiger charge is 2.01. The average molecular weight is 202 g/mol. The molecule has 0 aliphatic carbocycles. The van der Waals surface area contributed by atoms with Gasteiger partial charge in [0.05, 0.1) is 5.02 Å². The highest BCUT2D eigenvalue weighted by molar-refractivity contribution is 6.31. The number of rotatable bonds is 3. The molecule has 0 N–H and O–H groups in total. The van der Waals surface area contributed by atoms with Gasteiger partial charge < -0.3 is 4.84 Å². The molecule has 1 aromatic carbocycles. The van der Waals surface area contributed by atoms with E-state index in [4.69, 9.17) is 16.4 Å². The van der Waals surface area contributed by atoms with E-state index in [1.54, 1.807) is 13.0 Å². The van der Waals surface area contributed by atoms with Crippen molar-refractivity contribution in [3.05, 3.63) is 34.6 Å². The quantitative estimate of drug-likeness (QED) is 0.544. The molecular weight excluding hydrogens is 193 g/mol. The highest BCUT2D eigenvalue weighted by Crippen LogP contribution is 2.17. The molecule has 0 aliphatic heterocycles. The molecule has 1 aromatic rings. The van der Waals surface area contributed by atoms with E-state index < -0.39 is 0 Å². The second kappa shape index (κ2) is 4.82. The molecule has 0 radical (unpaired) electrons. The fourth-order valence-electron chi connectivity index (χ4n) is 0.820. The van der Waals surface area contributed by atoms with E-state index in [2.05, 4.69) is 5.16 Å². The topological polar surface area (TPSA) is 21.6 Å². The van der Waals surface area contributed by atoms with Crippen LogP contribution in [0.15, 0.2) is 23.4 Å². The smallest absolute Gasteiger partial charge is 0.143 e. The van der Waals surface area contributed by atoms with Crippen LogP contribution in [0.5, 0.6) is 0 Å². The van der Waals surface area contributed by atoms with Gasteiger partial charge in [-0.2, -0.15) is 0 Å². The van der Waals surface area contributed by atoms with Crippen LogP contribution in [0.2, 0.25) is 5.02 Å². The summed E-state index contributed by atoms with van der Waals surface area (Å²) in [6, 6.07) is 4.15. The molecule has 0 amide bonds.